The van der Waals surface area contributed by atoms with E-state index >= 15 is 0 Å². The van der Waals surface area contributed by atoms with E-state index in [-0.39, 0.29) is 5.69 Å². The molecule has 3 aromatic rings. The number of aromatic amines is 1. The van der Waals surface area contributed by atoms with Gasteiger partial charge in [0.2, 0.25) is 5.69 Å². The molecule has 0 radical (unpaired) electrons. The molecule has 0 spiro atoms. The van der Waals surface area contributed by atoms with Crippen LogP contribution in [0.2, 0.25) is 5.02 Å². The summed E-state index contributed by atoms with van der Waals surface area (Å²) in [5.74, 6) is 0.130. The summed E-state index contributed by atoms with van der Waals surface area (Å²) < 4.78 is 11.2. The second-order valence-corrected chi connectivity index (χ2v) is 5.94. The van der Waals surface area contributed by atoms with Gasteiger partial charge in [-0.1, -0.05) is 23.7 Å². The van der Waals surface area contributed by atoms with Crippen LogP contribution in [0.5, 0.6) is 5.75 Å². The van der Waals surface area contributed by atoms with Crippen molar-refractivity contribution in [2.45, 2.75) is 6.42 Å². The molecule has 0 aliphatic heterocycles. The lowest BCUT2D eigenvalue weighted by molar-refractivity contribution is -0.672. The van der Waals surface area contributed by atoms with Crippen molar-refractivity contribution in [3.05, 3.63) is 75.2 Å². The summed E-state index contributed by atoms with van der Waals surface area (Å²) in [6.45, 7) is 0.354. The van der Waals surface area contributed by atoms with Crippen LogP contribution in [0.1, 0.15) is 16.1 Å². The fraction of sp³-hybridized carbons (Fsp3) is 0.167. The molecule has 0 fully saturated rings. The number of hydrogen-bond donors (Lipinski definition) is 2. The minimum atomic E-state index is -0.749. The molecule has 0 atom stereocenters. The van der Waals surface area contributed by atoms with Crippen LogP contribution in [-0.2, 0) is 6.42 Å². The maximum absolute atomic E-state index is 12.4. The van der Waals surface area contributed by atoms with Crippen LogP contribution in [0.25, 0.3) is 5.69 Å². The monoisotopic (exact) mass is 374 g/mol. The molecule has 0 aliphatic rings. The van der Waals surface area contributed by atoms with Crippen LogP contribution in [0, 0.1) is 0 Å². The van der Waals surface area contributed by atoms with E-state index < -0.39 is 11.5 Å². The van der Waals surface area contributed by atoms with Crippen LogP contribution >= 0.6 is 11.6 Å². The van der Waals surface area contributed by atoms with Crippen LogP contribution in [0.3, 0.4) is 0 Å². The predicted octanol–water partition coefficient (Wildman–Crippen LogP) is 1.88. The van der Waals surface area contributed by atoms with Crippen molar-refractivity contribution in [2.24, 2.45) is 0 Å². The Hall–Kier alpha value is -3.06. The zero-order chi connectivity index (χ0) is 18.5. The van der Waals surface area contributed by atoms with Crippen molar-refractivity contribution in [3.8, 4) is 11.4 Å². The van der Waals surface area contributed by atoms with Crippen molar-refractivity contribution in [2.75, 3.05) is 13.7 Å². The summed E-state index contributed by atoms with van der Waals surface area (Å²) in [5, 5.41) is 5.79. The molecule has 26 heavy (non-hydrogen) atoms. The first-order chi connectivity index (χ1) is 12.6. The highest BCUT2D eigenvalue weighted by molar-refractivity contribution is 6.30. The molecule has 2 aromatic carbocycles. The Balaban J connectivity index is 1.73. The molecule has 134 valence electrons. The predicted molar refractivity (Wildman–Crippen MR) is 94.9 cm³/mol. The zero-order valence-electron chi connectivity index (χ0n) is 14.0. The first-order valence-electron chi connectivity index (χ1n) is 7.89. The molecule has 7 nitrogen and oxygen atoms in total. The van der Waals surface area contributed by atoms with Gasteiger partial charge in [0.25, 0.3) is 0 Å². The third-order valence-corrected chi connectivity index (χ3v) is 4.02. The van der Waals surface area contributed by atoms with Crippen molar-refractivity contribution >= 4 is 17.5 Å². The van der Waals surface area contributed by atoms with Gasteiger partial charge in [-0.15, -0.1) is 0 Å². The van der Waals surface area contributed by atoms with Crippen LogP contribution in [0.4, 0.5) is 0 Å². The molecule has 0 unspecified atom stereocenters. The van der Waals surface area contributed by atoms with Gasteiger partial charge in [0.05, 0.1) is 7.11 Å². The number of carbonyl (C=O) groups excluding carboxylic acids is 1. The van der Waals surface area contributed by atoms with E-state index in [1.807, 2.05) is 18.2 Å². The van der Waals surface area contributed by atoms with Crippen molar-refractivity contribution < 1.29 is 18.7 Å². The number of methoxy groups -OCH3 is 1. The summed E-state index contributed by atoms with van der Waals surface area (Å²) in [5.41, 5.74) is 0.668. The molecule has 1 heterocycles. The highest BCUT2D eigenvalue weighted by Crippen LogP contribution is 2.12. The first kappa shape index (κ1) is 17.8. The van der Waals surface area contributed by atoms with E-state index in [0.29, 0.717) is 29.4 Å². The van der Waals surface area contributed by atoms with Crippen LogP contribution < -0.4 is 20.4 Å². The average molecular weight is 375 g/mol. The molecule has 0 saturated carbocycles. The molecular weight excluding hydrogens is 358 g/mol. The summed E-state index contributed by atoms with van der Waals surface area (Å²) in [4.78, 5) is 24.4. The van der Waals surface area contributed by atoms with Gasteiger partial charge in [0, 0.05) is 23.7 Å². The highest BCUT2D eigenvalue weighted by Gasteiger charge is 2.30. The number of amides is 1. The van der Waals surface area contributed by atoms with Crippen LogP contribution in [-0.4, -0.2) is 24.8 Å². The van der Waals surface area contributed by atoms with Crippen molar-refractivity contribution in [1.29, 1.82) is 0 Å². The SMILES string of the molecule is COc1ccc(-[n+]2[nH]oc(=O)c2C(=O)NCCc2cccc(Cl)c2)cc1. The number of H-pyrrole nitrogens is 1. The smallest absolute Gasteiger partial charge is 0.441 e. The van der Waals surface area contributed by atoms with E-state index in [4.69, 9.17) is 20.9 Å². The molecule has 0 aliphatic carbocycles. The number of halogens is 1. The molecule has 3 rings (SSSR count). The Morgan fingerprint density at radius 1 is 1.27 bits per heavy atom. The quantitative estimate of drug-likeness (QED) is 0.645. The Labute approximate surface area is 154 Å². The first-order valence-corrected chi connectivity index (χ1v) is 8.27. The van der Waals surface area contributed by atoms with E-state index in [9.17, 15) is 9.59 Å². The maximum Gasteiger partial charge on any atom is 0.441 e. The number of aromatic nitrogens is 2. The van der Waals surface area contributed by atoms with Gasteiger partial charge in [-0.05, 0) is 46.2 Å². The molecule has 0 saturated heterocycles. The third kappa shape index (κ3) is 3.94. The standard InChI is InChI=1S/C18H16ClN3O4/c1-25-15-7-5-14(6-8-15)22-16(18(24)26-21-22)17(23)20-10-9-12-3-2-4-13(19)11-12/h2-8,11H,9-10H2,1H3,(H-,20,21,23,24)/p+1. The lowest BCUT2D eigenvalue weighted by atomic mass is 10.1. The molecular formula is C18H17ClN3O4+. The molecule has 1 amide bonds. The van der Waals surface area contributed by atoms with Gasteiger partial charge in [0.1, 0.15) is 5.75 Å². The lowest BCUT2D eigenvalue weighted by Gasteiger charge is -2.03. The fourth-order valence-electron chi connectivity index (χ4n) is 2.48. The topological polar surface area (TPSA) is 88.2 Å². The van der Waals surface area contributed by atoms with Gasteiger partial charge in [0.15, 0.2) is 0 Å². The van der Waals surface area contributed by atoms with Gasteiger partial charge in [-0.2, -0.15) is 0 Å². The molecule has 0 bridgehead atoms. The number of rotatable bonds is 6. The van der Waals surface area contributed by atoms with Gasteiger partial charge >= 0.3 is 17.2 Å². The van der Waals surface area contributed by atoms with E-state index in [1.165, 1.54) is 4.68 Å². The normalized spacial score (nSPS) is 10.5. The summed E-state index contributed by atoms with van der Waals surface area (Å²) >= 11 is 5.94. The van der Waals surface area contributed by atoms with Gasteiger partial charge in [-0.25, -0.2) is 4.79 Å². The largest absolute Gasteiger partial charge is 0.497 e. The second-order valence-electron chi connectivity index (χ2n) is 5.50. The molecule has 1 aromatic heterocycles. The Bertz CT molecular complexity index is 963. The van der Waals surface area contributed by atoms with Crippen molar-refractivity contribution in [1.82, 2.24) is 10.6 Å². The Morgan fingerprint density at radius 2 is 2.04 bits per heavy atom. The number of benzene rings is 2. The highest BCUT2D eigenvalue weighted by atomic mass is 35.5. The lowest BCUT2D eigenvalue weighted by Crippen LogP contribution is -2.45. The van der Waals surface area contributed by atoms with Gasteiger partial charge in [-0.3, -0.25) is 9.32 Å². The summed E-state index contributed by atoms with van der Waals surface area (Å²) in [6, 6.07) is 14.2. The Morgan fingerprint density at radius 3 is 2.73 bits per heavy atom. The number of hydrogen-bond acceptors (Lipinski definition) is 4. The number of nitrogens with zero attached hydrogens (tertiary/aromatic N) is 1. The van der Waals surface area contributed by atoms with E-state index in [1.54, 1.807) is 37.4 Å². The zero-order valence-corrected chi connectivity index (χ0v) is 14.7. The maximum atomic E-state index is 12.4. The van der Waals surface area contributed by atoms with Crippen LogP contribution in [0.15, 0.2) is 57.8 Å². The third-order valence-electron chi connectivity index (χ3n) is 3.78. The number of nitrogens with one attached hydrogen (secondary N) is 2. The minimum absolute atomic E-state index is 0.138. The van der Waals surface area contributed by atoms with Gasteiger partial charge < -0.3 is 10.1 Å². The van der Waals surface area contributed by atoms with E-state index in [2.05, 4.69) is 10.6 Å². The number of carbonyl (C=O) groups is 1. The summed E-state index contributed by atoms with van der Waals surface area (Å²) in [6.07, 6.45) is 0.588. The molecule has 8 heteroatoms. The summed E-state index contributed by atoms with van der Waals surface area (Å²) in [7, 11) is 1.56. The van der Waals surface area contributed by atoms with E-state index in [0.717, 1.165) is 5.56 Å². The Kier molecular flexibility index (Phi) is 5.38. The fourth-order valence-corrected chi connectivity index (χ4v) is 2.69. The molecule has 2 N–H and O–H groups in total. The number of ether oxygens (including phenoxy) is 1. The van der Waals surface area contributed by atoms with Crippen molar-refractivity contribution in [3.63, 3.8) is 0 Å². The second kappa shape index (κ2) is 7.88. The minimum Gasteiger partial charge on any atom is -0.497 e. The average Bonchev–Trinajstić information content (AvgIpc) is 3.03.